The SMILES string of the molecule is CC(Br)c1ccc(N2C(=O)c3ccc([N+](=O)[O-])cc3C2=O)cc1. The number of benzene rings is 2. The van der Waals surface area contributed by atoms with E-state index in [9.17, 15) is 19.7 Å². The predicted molar refractivity (Wildman–Crippen MR) is 88.0 cm³/mol. The molecule has 0 saturated heterocycles. The van der Waals surface area contributed by atoms with Gasteiger partial charge >= 0.3 is 0 Å². The van der Waals surface area contributed by atoms with Crippen molar-refractivity contribution < 1.29 is 14.5 Å². The van der Waals surface area contributed by atoms with Crippen LogP contribution in [-0.2, 0) is 0 Å². The number of non-ortho nitro benzene ring substituents is 1. The Morgan fingerprint density at radius 2 is 1.65 bits per heavy atom. The molecule has 2 aromatic rings. The lowest BCUT2D eigenvalue weighted by atomic mass is 10.1. The van der Waals surface area contributed by atoms with E-state index in [1.165, 1.54) is 12.1 Å². The van der Waals surface area contributed by atoms with Crippen molar-refractivity contribution in [3.8, 4) is 0 Å². The molecule has 1 atom stereocenters. The van der Waals surface area contributed by atoms with Gasteiger partial charge in [-0.2, -0.15) is 0 Å². The average molecular weight is 375 g/mol. The molecule has 0 radical (unpaired) electrons. The van der Waals surface area contributed by atoms with E-state index in [1.807, 2.05) is 19.1 Å². The highest BCUT2D eigenvalue weighted by Gasteiger charge is 2.37. The van der Waals surface area contributed by atoms with Crippen LogP contribution in [0.25, 0.3) is 0 Å². The van der Waals surface area contributed by atoms with Crippen molar-refractivity contribution in [3.05, 3.63) is 69.3 Å². The molecule has 3 rings (SSSR count). The van der Waals surface area contributed by atoms with Crippen molar-refractivity contribution in [2.75, 3.05) is 4.90 Å². The number of hydrogen-bond acceptors (Lipinski definition) is 4. The lowest BCUT2D eigenvalue weighted by Crippen LogP contribution is -2.29. The van der Waals surface area contributed by atoms with E-state index in [-0.39, 0.29) is 21.6 Å². The average Bonchev–Trinajstić information content (AvgIpc) is 2.78. The number of nitro benzene ring substituents is 1. The molecule has 0 aromatic heterocycles. The first-order valence-electron chi connectivity index (χ1n) is 6.81. The number of halogens is 1. The third-order valence-electron chi connectivity index (χ3n) is 3.69. The van der Waals surface area contributed by atoms with Gasteiger partial charge in [-0.3, -0.25) is 19.7 Å². The van der Waals surface area contributed by atoms with Gasteiger partial charge in [-0.15, -0.1) is 0 Å². The van der Waals surface area contributed by atoms with Crippen molar-refractivity contribution >= 4 is 39.1 Å². The fourth-order valence-corrected chi connectivity index (χ4v) is 2.77. The number of carbonyl (C=O) groups is 2. The van der Waals surface area contributed by atoms with E-state index in [0.29, 0.717) is 5.69 Å². The number of fused-ring (bicyclic) bond motifs is 1. The third-order valence-corrected chi connectivity index (χ3v) is 4.22. The van der Waals surface area contributed by atoms with Crippen LogP contribution in [0.4, 0.5) is 11.4 Å². The van der Waals surface area contributed by atoms with Gasteiger partial charge in [0.15, 0.2) is 0 Å². The number of nitro groups is 1. The zero-order chi connectivity index (χ0) is 16.7. The Bertz CT molecular complexity index is 830. The van der Waals surface area contributed by atoms with Crippen LogP contribution in [-0.4, -0.2) is 16.7 Å². The molecular formula is C16H11BrN2O4. The highest BCUT2D eigenvalue weighted by Crippen LogP contribution is 2.32. The molecule has 6 nitrogen and oxygen atoms in total. The number of imide groups is 1. The Morgan fingerprint density at radius 1 is 1.04 bits per heavy atom. The van der Waals surface area contributed by atoms with E-state index in [2.05, 4.69) is 15.9 Å². The number of amides is 2. The monoisotopic (exact) mass is 374 g/mol. The van der Waals surface area contributed by atoms with E-state index in [0.717, 1.165) is 16.5 Å². The standard InChI is InChI=1S/C16H11BrN2O4/c1-9(17)10-2-4-11(5-3-10)18-15(20)13-7-6-12(19(22)23)8-14(13)16(18)21/h2-9H,1H3. The summed E-state index contributed by atoms with van der Waals surface area (Å²) in [6.45, 7) is 1.97. The van der Waals surface area contributed by atoms with Crippen LogP contribution in [0.15, 0.2) is 42.5 Å². The maximum absolute atomic E-state index is 12.5. The maximum atomic E-state index is 12.5. The van der Waals surface area contributed by atoms with Crippen molar-refractivity contribution in [2.24, 2.45) is 0 Å². The topological polar surface area (TPSA) is 80.5 Å². The molecule has 1 unspecified atom stereocenters. The molecule has 2 aromatic carbocycles. The first kappa shape index (κ1) is 15.4. The molecule has 1 aliphatic heterocycles. The van der Waals surface area contributed by atoms with E-state index < -0.39 is 16.7 Å². The van der Waals surface area contributed by atoms with Gasteiger partial charge < -0.3 is 0 Å². The van der Waals surface area contributed by atoms with Crippen molar-refractivity contribution in [3.63, 3.8) is 0 Å². The van der Waals surface area contributed by atoms with Crippen LogP contribution in [0, 0.1) is 10.1 Å². The number of rotatable bonds is 3. The fraction of sp³-hybridized carbons (Fsp3) is 0.125. The first-order chi connectivity index (χ1) is 10.9. The summed E-state index contributed by atoms with van der Waals surface area (Å²) >= 11 is 3.45. The van der Waals surface area contributed by atoms with Gasteiger partial charge in [0, 0.05) is 17.0 Å². The highest BCUT2D eigenvalue weighted by atomic mass is 79.9. The number of hydrogen-bond donors (Lipinski definition) is 0. The van der Waals surface area contributed by atoms with Crippen molar-refractivity contribution in [1.82, 2.24) is 0 Å². The molecule has 0 spiro atoms. The van der Waals surface area contributed by atoms with Gasteiger partial charge in [-0.1, -0.05) is 28.1 Å². The van der Waals surface area contributed by atoms with Gasteiger partial charge in [0.05, 0.1) is 21.7 Å². The van der Waals surface area contributed by atoms with Gasteiger partial charge in [0.1, 0.15) is 0 Å². The molecule has 0 bridgehead atoms. The second-order valence-corrected chi connectivity index (χ2v) is 6.51. The lowest BCUT2D eigenvalue weighted by molar-refractivity contribution is -0.384. The minimum absolute atomic E-state index is 0.0575. The molecule has 23 heavy (non-hydrogen) atoms. The zero-order valence-corrected chi connectivity index (χ0v) is 13.6. The molecule has 116 valence electrons. The number of nitrogens with zero attached hydrogens (tertiary/aromatic N) is 2. The number of carbonyl (C=O) groups excluding carboxylic acids is 2. The Balaban J connectivity index is 2.01. The molecule has 7 heteroatoms. The lowest BCUT2D eigenvalue weighted by Gasteiger charge is -2.14. The van der Waals surface area contributed by atoms with Crippen LogP contribution in [0.3, 0.4) is 0 Å². The Labute approximate surface area is 140 Å². The number of anilines is 1. The molecule has 1 aliphatic rings. The van der Waals surface area contributed by atoms with Crippen LogP contribution < -0.4 is 4.90 Å². The van der Waals surface area contributed by atoms with E-state index >= 15 is 0 Å². The largest absolute Gasteiger partial charge is 0.270 e. The summed E-state index contributed by atoms with van der Waals surface area (Å²) in [5, 5.41) is 10.8. The smallest absolute Gasteiger partial charge is 0.268 e. The normalized spacial score (nSPS) is 14.8. The van der Waals surface area contributed by atoms with Crippen LogP contribution >= 0.6 is 15.9 Å². The van der Waals surface area contributed by atoms with E-state index in [1.54, 1.807) is 12.1 Å². The molecule has 0 N–H and O–H groups in total. The molecule has 1 heterocycles. The summed E-state index contributed by atoms with van der Waals surface area (Å²) in [4.78, 5) is 36.3. The molecule has 2 amide bonds. The molecule has 0 aliphatic carbocycles. The zero-order valence-electron chi connectivity index (χ0n) is 12.0. The van der Waals surface area contributed by atoms with Gasteiger partial charge in [0.2, 0.25) is 0 Å². The summed E-state index contributed by atoms with van der Waals surface area (Å²) in [7, 11) is 0. The first-order valence-corrected chi connectivity index (χ1v) is 7.73. The maximum Gasteiger partial charge on any atom is 0.270 e. The quantitative estimate of drug-likeness (QED) is 0.353. The van der Waals surface area contributed by atoms with Gasteiger partial charge in [0.25, 0.3) is 17.5 Å². The second kappa shape index (κ2) is 5.58. The summed E-state index contributed by atoms with van der Waals surface area (Å²) in [6, 6.07) is 10.7. The summed E-state index contributed by atoms with van der Waals surface area (Å²) in [6.07, 6.45) is 0. The van der Waals surface area contributed by atoms with Crippen LogP contribution in [0.5, 0.6) is 0 Å². The molecule has 0 saturated carbocycles. The van der Waals surface area contributed by atoms with Crippen LogP contribution in [0.2, 0.25) is 0 Å². The molecule has 0 fully saturated rings. The Kier molecular flexibility index (Phi) is 3.73. The van der Waals surface area contributed by atoms with Gasteiger partial charge in [-0.25, -0.2) is 4.90 Å². The minimum Gasteiger partial charge on any atom is -0.268 e. The third kappa shape index (κ3) is 2.53. The van der Waals surface area contributed by atoms with Crippen molar-refractivity contribution in [2.45, 2.75) is 11.8 Å². The molecular weight excluding hydrogens is 364 g/mol. The Morgan fingerprint density at radius 3 is 2.22 bits per heavy atom. The number of alkyl halides is 1. The van der Waals surface area contributed by atoms with Gasteiger partial charge in [-0.05, 0) is 30.7 Å². The van der Waals surface area contributed by atoms with Crippen molar-refractivity contribution in [1.29, 1.82) is 0 Å². The van der Waals surface area contributed by atoms with Crippen LogP contribution in [0.1, 0.15) is 38.0 Å². The van der Waals surface area contributed by atoms with E-state index in [4.69, 9.17) is 0 Å². The summed E-state index contributed by atoms with van der Waals surface area (Å²) in [5.74, 6) is -1.02. The fourth-order valence-electron chi connectivity index (χ4n) is 2.47. The Hall–Kier alpha value is -2.54. The second-order valence-electron chi connectivity index (χ2n) is 5.14. The predicted octanol–water partition coefficient (Wildman–Crippen LogP) is 3.85. The highest BCUT2D eigenvalue weighted by molar-refractivity contribution is 9.09. The minimum atomic E-state index is -0.590. The summed E-state index contributed by atoms with van der Waals surface area (Å²) < 4.78 is 0. The summed E-state index contributed by atoms with van der Waals surface area (Å²) in [5.41, 5.74) is 1.48.